The number of rotatable bonds is 7. The summed E-state index contributed by atoms with van der Waals surface area (Å²) in [5.41, 5.74) is 5.42. The maximum Gasteiger partial charge on any atom is 0.251 e. The molecule has 0 spiro atoms. The van der Waals surface area contributed by atoms with Crippen LogP contribution in [0.5, 0.6) is 0 Å². The Morgan fingerprint density at radius 1 is 1.03 bits per heavy atom. The second-order valence-electron chi connectivity index (χ2n) is 8.87. The summed E-state index contributed by atoms with van der Waals surface area (Å²) in [5, 5.41) is 2.99. The molecule has 0 unspecified atom stereocenters. The molecule has 1 aliphatic heterocycles. The van der Waals surface area contributed by atoms with Crippen molar-refractivity contribution in [3.63, 3.8) is 0 Å². The van der Waals surface area contributed by atoms with Crippen molar-refractivity contribution in [3.8, 4) is 11.3 Å². The van der Waals surface area contributed by atoms with Gasteiger partial charge in [0.25, 0.3) is 5.91 Å². The van der Waals surface area contributed by atoms with Crippen molar-refractivity contribution >= 4 is 22.8 Å². The predicted molar refractivity (Wildman–Crippen MR) is 138 cm³/mol. The van der Waals surface area contributed by atoms with Crippen LogP contribution in [0, 0.1) is 12.7 Å². The minimum atomic E-state index is -0.307. The molecule has 1 N–H and O–H groups in total. The Morgan fingerprint density at radius 3 is 2.58 bits per heavy atom. The van der Waals surface area contributed by atoms with E-state index in [2.05, 4.69) is 21.3 Å². The van der Waals surface area contributed by atoms with Crippen LogP contribution >= 0.6 is 0 Å². The van der Waals surface area contributed by atoms with Gasteiger partial charge in [-0.2, -0.15) is 0 Å². The highest BCUT2D eigenvalue weighted by molar-refractivity contribution is 5.97. The van der Waals surface area contributed by atoms with E-state index in [0.717, 1.165) is 35.5 Å². The number of aromatic nitrogens is 3. The molecule has 0 aliphatic carbocycles. The monoisotopic (exact) mass is 485 g/mol. The lowest BCUT2D eigenvalue weighted by atomic mass is 10.1. The summed E-state index contributed by atoms with van der Waals surface area (Å²) in [4.78, 5) is 29.0. The number of carbonyl (C=O) groups excluding carboxylic acids is 1. The summed E-state index contributed by atoms with van der Waals surface area (Å²) in [7, 11) is 0. The highest BCUT2D eigenvalue weighted by atomic mass is 19.1. The first-order valence-corrected chi connectivity index (χ1v) is 12.2. The van der Waals surface area contributed by atoms with E-state index in [1.54, 1.807) is 24.3 Å². The largest absolute Gasteiger partial charge is 0.378 e. The fourth-order valence-electron chi connectivity index (χ4n) is 4.23. The number of nitrogens with one attached hydrogen (secondary N) is 1. The first-order chi connectivity index (χ1) is 17.6. The molecule has 2 aromatic carbocycles. The van der Waals surface area contributed by atoms with Gasteiger partial charge in [-0.3, -0.25) is 9.78 Å². The summed E-state index contributed by atoms with van der Waals surface area (Å²) < 4.78 is 19.1. The average Bonchev–Trinajstić information content (AvgIpc) is 2.92. The molecule has 0 atom stereocenters. The molecule has 5 rings (SSSR count). The number of halogens is 1. The molecule has 7 nitrogen and oxygen atoms in total. The number of nitrogens with zero attached hydrogens (tertiary/aromatic N) is 4. The van der Waals surface area contributed by atoms with Crippen LogP contribution in [-0.2, 0) is 11.2 Å². The van der Waals surface area contributed by atoms with Gasteiger partial charge in [0.05, 0.1) is 24.2 Å². The van der Waals surface area contributed by atoms with Gasteiger partial charge in [0.1, 0.15) is 11.5 Å². The van der Waals surface area contributed by atoms with Crippen molar-refractivity contribution in [2.75, 3.05) is 37.7 Å². The molecule has 1 saturated heterocycles. The third kappa shape index (κ3) is 5.49. The van der Waals surface area contributed by atoms with Gasteiger partial charge >= 0.3 is 0 Å². The van der Waals surface area contributed by atoms with Gasteiger partial charge in [-0.05, 0) is 73.9 Å². The topological polar surface area (TPSA) is 80.2 Å². The van der Waals surface area contributed by atoms with Crippen LogP contribution in [0.2, 0.25) is 0 Å². The molecule has 4 aromatic rings. The van der Waals surface area contributed by atoms with E-state index in [9.17, 15) is 9.18 Å². The second kappa shape index (κ2) is 10.8. The Bertz CT molecular complexity index is 1350. The number of carbonyl (C=O) groups is 1. The lowest BCUT2D eigenvalue weighted by molar-refractivity contribution is 0.0953. The van der Waals surface area contributed by atoms with Gasteiger partial charge in [0.2, 0.25) is 0 Å². The Morgan fingerprint density at radius 2 is 1.83 bits per heavy atom. The zero-order valence-electron chi connectivity index (χ0n) is 20.2. The molecule has 3 heterocycles. The number of hydrogen-bond acceptors (Lipinski definition) is 6. The minimum Gasteiger partial charge on any atom is -0.378 e. The van der Waals surface area contributed by atoms with Crippen molar-refractivity contribution < 1.29 is 13.9 Å². The van der Waals surface area contributed by atoms with Crippen molar-refractivity contribution in [3.05, 3.63) is 83.4 Å². The van der Waals surface area contributed by atoms with Crippen molar-refractivity contribution in [2.45, 2.75) is 19.8 Å². The average molecular weight is 486 g/mol. The molecule has 0 radical (unpaired) electrons. The van der Waals surface area contributed by atoms with Gasteiger partial charge in [-0.25, -0.2) is 14.4 Å². The van der Waals surface area contributed by atoms with Gasteiger partial charge < -0.3 is 15.0 Å². The quantitative estimate of drug-likeness (QED) is 0.393. The Balaban J connectivity index is 1.36. The second-order valence-corrected chi connectivity index (χ2v) is 8.87. The fraction of sp³-hybridized carbons (Fsp3) is 0.286. The van der Waals surface area contributed by atoms with E-state index in [1.165, 1.54) is 12.1 Å². The number of ether oxygens (including phenoxy) is 1. The molecule has 0 saturated carbocycles. The zero-order valence-corrected chi connectivity index (χ0v) is 20.2. The van der Waals surface area contributed by atoms with Crippen molar-refractivity contribution in [1.29, 1.82) is 0 Å². The summed E-state index contributed by atoms with van der Waals surface area (Å²) in [6, 6.07) is 15.7. The third-order valence-electron chi connectivity index (χ3n) is 6.24. The smallest absolute Gasteiger partial charge is 0.251 e. The van der Waals surface area contributed by atoms with Gasteiger partial charge in [0, 0.05) is 42.7 Å². The minimum absolute atomic E-state index is 0.152. The highest BCUT2D eigenvalue weighted by Gasteiger charge is 2.20. The number of anilines is 1. The van der Waals surface area contributed by atoms with E-state index < -0.39 is 0 Å². The van der Waals surface area contributed by atoms with Crippen LogP contribution < -0.4 is 10.2 Å². The molecule has 8 heteroatoms. The molecule has 1 amide bonds. The molecule has 0 bridgehead atoms. The van der Waals surface area contributed by atoms with Crippen LogP contribution in [0.4, 0.5) is 10.2 Å². The SMILES string of the molecule is Cc1ccc(CCCNC(=O)c2ccc3nc(N4CCOCC4)c(-c4ccc(F)cc4)nc3c2)cn1. The van der Waals surface area contributed by atoms with Crippen LogP contribution in [0.1, 0.15) is 28.0 Å². The summed E-state index contributed by atoms with van der Waals surface area (Å²) in [6.07, 6.45) is 3.55. The first-order valence-electron chi connectivity index (χ1n) is 12.2. The molecular weight excluding hydrogens is 457 g/mol. The lowest BCUT2D eigenvalue weighted by Gasteiger charge is -2.29. The van der Waals surface area contributed by atoms with Crippen molar-refractivity contribution in [1.82, 2.24) is 20.3 Å². The van der Waals surface area contributed by atoms with Gasteiger partial charge in [-0.15, -0.1) is 0 Å². The van der Waals surface area contributed by atoms with E-state index in [-0.39, 0.29) is 11.7 Å². The molecule has 1 aliphatic rings. The first kappa shape index (κ1) is 23.8. The number of benzene rings is 2. The summed E-state index contributed by atoms with van der Waals surface area (Å²) >= 11 is 0. The number of fused-ring (bicyclic) bond motifs is 1. The number of morpholine rings is 1. The van der Waals surface area contributed by atoms with Gasteiger partial charge in [-0.1, -0.05) is 6.07 Å². The summed E-state index contributed by atoms with van der Waals surface area (Å²) in [5.74, 6) is 0.277. The Labute approximate surface area is 209 Å². The molecule has 1 fully saturated rings. The molecular formula is C28H28FN5O2. The van der Waals surface area contributed by atoms with Gasteiger partial charge in [0.15, 0.2) is 5.82 Å². The van der Waals surface area contributed by atoms with E-state index in [4.69, 9.17) is 14.7 Å². The normalized spacial score (nSPS) is 13.7. The van der Waals surface area contributed by atoms with Crippen LogP contribution in [0.3, 0.4) is 0 Å². The van der Waals surface area contributed by atoms with Crippen LogP contribution in [0.15, 0.2) is 60.8 Å². The molecule has 2 aromatic heterocycles. The maximum atomic E-state index is 13.6. The number of pyridine rings is 1. The molecule has 184 valence electrons. The zero-order chi connectivity index (χ0) is 24.9. The number of hydrogen-bond donors (Lipinski definition) is 1. The molecule has 36 heavy (non-hydrogen) atoms. The highest BCUT2D eigenvalue weighted by Crippen LogP contribution is 2.30. The van der Waals surface area contributed by atoms with Crippen molar-refractivity contribution in [2.24, 2.45) is 0 Å². The Hall–Kier alpha value is -3.91. The fourth-order valence-corrected chi connectivity index (χ4v) is 4.23. The number of aryl methyl sites for hydroxylation is 2. The number of amides is 1. The standard InChI is InChI=1S/C28H28FN5O2/c1-19-4-5-20(18-31-19)3-2-12-30-28(35)22-8-11-24-25(17-22)32-26(21-6-9-23(29)10-7-21)27(33-24)34-13-15-36-16-14-34/h4-11,17-18H,2-3,12-16H2,1H3,(H,30,35). The van der Waals surface area contributed by atoms with E-state index in [0.29, 0.717) is 55.1 Å². The van der Waals surface area contributed by atoms with Crippen LogP contribution in [-0.4, -0.2) is 53.7 Å². The Kier molecular flexibility index (Phi) is 7.13. The summed E-state index contributed by atoms with van der Waals surface area (Å²) in [6.45, 7) is 5.16. The predicted octanol–water partition coefficient (Wildman–Crippen LogP) is 4.34. The van der Waals surface area contributed by atoms with Crippen LogP contribution in [0.25, 0.3) is 22.3 Å². The van der Waals surface area contributed by atoms with E-state index >= 15 is 0 Å². The maximum absolute atomic E-state index is 13.6. The third-order valence-corrected chi connectivity index (χ3v) is 6.24. The van der Waals surface area contributed by atoms with E-state index in [1.807, 2.05) is 25.3 Å². The lowest BCUT2D eigenvalue weighted by Crippen LogP contribution is -2.37.